The largest absolute Gasteiger partial charge is 0.383 e. The molecular weight excluding hydrogens is 493 g/mol. The zero-order valence-corrected chi connectivity index (χ0v) is 19.7. The van der Waals surface area contributed by atoms with Crippen LogP contribution in [0.25, 0.3) is 0 Å². The molecule has 1 amide bonds. The standard InChI is InChI=1S/C17H27N7O2S.HI/c1-5-18-16(21-10-17(3,26)13-8-23-24(4)9-13)20-7-6-19-15(25)14-12(2)22-11-27-14;/h8-9,11,26H,5-7,10H2,1-4H3,(H,19,25)(H2,18,20,21);1H. The molecule has 11 heteroatoms. The van der Waals surface area contributed by atoms with Crippen LogP contribution in [0.15, 0.2) is 22.9 Å². The van der Waals surface area contributed by atoms with Gasteiger partial charge >= 0.3 is 0 Å². The topological polar surface area (TPSA) is 116 Å². The lowest BCUT2D eigenvalue weighted by Gasteiger charge is -2.20. The third kappa shape index (κ3) is 7.02. The molecule has 9 nitrogen and oxygen atoms in total. The van der Waals surface area contributed by atoms with E-state index in [2.05, 4.69) is 31.0 Å². The van der Waals surface area contributed by atoms with Crippen LogP contribution in [0.3, 0.4) is 0 Å². The lowest BCUT2D eigenvalue weighted by atomic mass is 10.0. The van der Waals surface area contributed by atoms with Crippen LogP contribution in [0.2, 0.25) is 0 Å². The van der Waals surface area contributed by atoms with Gasteiger partial charge in [0.1, 0.15) is 10.5 Å². The van der Waals surface area contributed by atoms with Crippen molar-refractivity contribution in [3.8, 4) is 0 Å². The minimum absolute atomic E-state index is 0. The minimum atomic E-state index is -1.12. The normalized spacial score (nSPS) is 13.4. The number of guanidine groups is 1. The smallest absolute Gasteiger partial charge is 0.263 e. The van der Waals surface area contributed by atoms with E-state index in [1.165, 1.54) is 11.3 Å². The molecule has 0 aromatic carbocycles. The second kappa shape index (κ2) is 11.3. The summed E-state index contributed by atoms with van der Waals surface area (Å²) in [7, 11) is 1.80. The van der Waals surface area contributed by atoms with Crippen molar-refractivity contribution in [3.63, 3.8) is 0 Å². The van der Waals surface area contributed by atoms with Gasteiger partial charge < -0.3 is 21.1 Å². The summed E-state index contributed by atoms with van der Waals surface area (Å²) in [5, 5.41) is 23.8. The first-order valence-electron chi connectivity index (χ1n) is 8.75. The maximum absolute atomic E-state index is 12.1. The third-order valence-electron chi connectivity index (χ3n) is 3.87. The van der Waals surface area contributed by atoms with Gasteiger partial charge in [0, 0.05) is 38.4 Å². The summed E-state index contributed by atoms with van der Waals surface area (Å²) in [4.78, 5) is 21.2. The number of nitrogens with one attached hydrogen (secondary N) is 3. The first-order valence-corrected chi connectivity index (χ1v) is 9.63. The number of carbonyl (C=O) groups excluding carboxylic acids is 1. The Morgan fingerprint density at radius 1 is 1.36 bits per heavy atom. The summed E-state index contributed by atoms with van der Waals surface area (Å²) < 4.78 is 1.64. The van der Waals surface area contributed by atoms with Crippen LogP contribution in [0.1, 0.15) is 34.8 Å². The molecule has 0 aliphatic heterocycles. The Labute approximate surface area is 186 Å². The predicted octanol–water partition coefficient (Wildman–Crippen LogP) is 0.996. The lowest BCUT2D eigenvalue weighted by Crippen LogP contribution is -2.42. The summed E-state index contributed by atoms with van der Waals surface area (Å²) >= 11 is 1.33. The van der Waals surface area contributed by atoms with Crippen LogP contribution in [0, 0.1) is 6.92 Å². The summed E-state index contributed by atoms with van der Waals surface area (Å²) in [5.41, 5.74) is 1.98. The number of aliphatic hydroxyl groups is 1. The van der Waals surface area contributed by atoms with Gasteiger partial charge in [0.25, 0.3) is 5.91 Å². The number of rotatable bonds is 8. The molecule has 4 N–H and O–H groups in total. The lowest BCUT2D eigenvalue weighted by molar-refractivity contribution is 0.0672. The van der Waals surface area contributed by atoms with Crippen molar-refractivity contribution in [1.29, 1.82) is 0 Å². The Hall–Kier alpha value is -1.73. The van der Waals surface area contributed by atoms with Gasteiger partial charge in [-0.2, -0.15) is 5.10 Å². The van der Waals surface area contributed by atoms with E-state index >= 15 is 0 Å². The van der Waals surface area contributed by atoms with Crippen molar-refractivity contribution in [3.05, 3.63) is 34.0 Å². The summed E-state index contributed by atoms with van der Waals surface area (Å²) in [5.74, 6) is 0.447. The molecule has 0 fully saturated rings. The van der Waals surface area contributed by atoms with Crippen LogP contribution < -0.4 is 16.0 Å². The minimum Gasteiger partial charge on any atom is -0.383 e. The molecule has 0 aliphatic carbocycles. The first-order chi connectivity index (χ1) is 12.8. The van der Waals surface area contributed by atoms with E-state index in [1.807, 2.05) is 13.8 Å². The van der Waals surface area contributed by atoms with Gasteiger partial charge in [-0.3, -0.25) is 9.48 Å². The summed E-state index contributed by atoms with van der Waals surface area (Å²) in [6, 6.07) is 0. The number of hydrogen-bond acceptors (Lipinski definition) is 6. The fourth-order valence-electron chi connectivity index (χ4n) is 2.32. The highest BCUT2D eigenvalue weighted by Crippen LogP contribution is 2.19. The van der Waals surface area contributed by atoms with Gasteiger partial charge in [0.2, 0.25) is 0 Å². The average Bonchev–Trinajstić information content (AvgIpc) is 3.25. The second-order valence-corrected chi connectivity index (χ2v) is 7.18. The number of carbonyl (C=O) groups is 1. The highest BCUT2D eigenvalue weighted by molar-refractivity contribution is 14.0. The molecule has 2 heterocycles. The highest BCUT2D eigenvalue weighted by atomic mass is 127. The first kappa shape index (κ1) is 24.3. The molecule has 0 saturated heterocycles. The van der Waals surface area contributed by atoms with Crippen LogP contribution in [0.4, 0.5) is 0 Å². The molecule has 1 atom stereocenters. The zero-order chi connectivity index (χ0) is 19.9. The molecule has 0 aliphatic rings. The van der Waals surface area contributed by atoms with E-state index in [-0.39, 0.29) is 36.4 Å². The van der Waals surface area contributed by atoms with E-state index in [1.54, 1.807) is 36.6 Å². The molecule has 2 rings (SSSR count). The summed E-state index contributed by atoms with van der Waals surface area (Å²) in [6.45, 7) is 7.30. The number of aliphatic imine (C=N–C) groups is 1. The molecule has 0 saturated carbocycles. The van der Waals surface area contributed by atoms with Crippen molar-refractivity contribution in [2.24, 2.45) is 12.0 Å². The van der Waals surface area contributed by atoms with Crippen molar-refractivity contribution in [2.45, 2.75) is 26.4 Å². The van der Waals surface area contributed by atoms with Gasteiger partial charge in [-0.1, -0.05) is 0 Å². The Balaban J connectivity index is 0.00000392. The quantitative estimate of drug-likeness (QED) is 0.178. The number of aryl methyl sites for hydroxylation is 2. The Bertz CT molecular complexity index is 788. The summed E-state index contributed by atoms with van der Waals surface area (Å²) in [6.07, 6.45) is 3.40. The van der Waals surface area contributed by atoms with Gasteiger partial charge in [-0.05, 0) is 20.8 Å². The molecule has 156 valence electrons. The monoisotopic (exact) mass is 521 g/mol. The SMILES string of the molecule is CCNC(=NCC(C)(O)c1cnn(C)c1)NCCNC(=O)c1scnc1C.I. The van der Waals surface area contributed by atoms with E-state index in [4.69, 9.17) is 0 Å². The van der Waals surface area contributed by atoms with Gasteiger partial charge in [-0.15, -0.1) is 35.3 Å². The van der Waals surface area contributed by atoms with E-state index in [0.29, 0.717) is 36.0 Å². The highest BCUT2D eigenvalue weighted by Gasteiger charge is 2.24. The van der Waals surface area contributed by atoms with Crippen LogP contribution >= 0.6 is 35.3 Å². The number of thiazole rings is 1. The molecule has 28 heavy (non-hydrogen) atoms. The number of hydrogen-bond donors (Lipinski definition) is 4. The van der Waals surface area contributed by atoms with E-state index in [0.717, 1.165) is 5.69 Å². The third-order valence-corrected chi connectivity index (χ3v) is 4.80. The fraction of sp³-hybridized carbons (Fsp3) is 0.529. The van der Waals surface area contributed by atoms with E-state index < -0.39 is 5.60 Å². The van der Waals surface area contributed by atoms with Crippen molar-refractivity contribution in [2.75, 3.05) is 26.2 Å². The molecule has 0 spiro atoms. The molecule has 1 unspecified atom stereocenters. The molecule has 0 radical (unpaired) electrons. The average molecular weight is 521 g/mol. The van der Waals surface area contributed by atoms with Gasteiger partial charge in [-0.25, -0.2) is 9.98 Å². The molecule has 2 aromatic heterocycles. The van der Waals surface area contributed by atoms with Gasteiger partial charge in [0.05, 0.1) is 23.9 Å². The van der Waals surface area contributed by atoms with Crippen molar-refractivity contribution in [1.82, 2.24) is 30.7 Å². The number of halogens is 1. The van der Waals surface area contributed by atoms with Crippen LogP contribution in [-0.4, -0.2) is 57.9 Å². The Morgan fingerprint density at radius 2 is 2.07 bits per heavy atom. The Morgan fingerprint density at radius 3 is 2.64 bits per heavy atom. The molecular formula is C17H28IN7O2S. The zero-order valence-electron chi connectivity index (χ0n) is 16.5. The predicted molar refractivity (Wildman–Crippen MR) is 121 cm³/mol. The fourth-order valence-corrected chi connectivity index (χ4v) is 3.04. The van der Waals surface area contributed by atoms with Crippen molar-refractivity contribution < 1.29 is 9.90 Å². The number of nitrogens with zero attached hydrogens (tertiary/aromatic N) is 4. The second-order valence-electron chi connectivity index (χ2n) is 6.32. The van der Waals surface area contributed by atoms with E-state index in [9.17, 15) is 9.90 Å². The maximum Gasteiger partial charge on any atom is 0.263 e. The number of aromatic nitrogens is 3. The molecule has 2 aromatic rings. The van der Waals surface area contributed by atoms with Crippen LogP contribution in [0.5, 0.6) is 0 Å². The Kier molecular flexibility index (Phi) is 9.82. The van der Waals surface area contributed by atoms with Gasteiger partial charge in [0.15, 0.2) is 5.96 Å². The molecule has 0 bridgehead atoms. The maximum atomic E-state index is 12.1. The van der Waals surface area contributed by atoms with Crippen LogP contribution in [-0.2, 0) is 12.6 Å². The van der Waals surface area contributed by atoms with Crippen molar-refractivity contribution >= 4 is 47.2 Å². The number of amides is 1.